The SMILES string of the molecule is COc1ccc(SCCCC(=O)N(C)Cc2cc(F)ccc2OC(C)C)cc1. The predicted octanol–water partition coefficient (Wildman–Crippen LogP) is 5.15. The van der Waals surface area contributed by atoms with Gasteiger partial charge in [0.1, 0.15) is 17.3 Å². The number of hydrogen-bond donors (Lipinski definition) is 0. The topological polar surface area (TPSA) is 38.8 Å². The fraction of sp³-hybridized carbons (Fsp3) is 0.409. The van der Waals surface area contributed by atoms with Gasteiger partial charge in [-0.2, -0.15) is 0 Å². The predicted molar refractivity (Wildman–Crippen MR) is 112 cm³/mol. The fourth-order valence-electron chi connectivity index (χ4n) is 2.66. The van der Waals surface area contributed by atoms with Gasteiger partial charge in [0.05, 0.1) is 13.2 Å². The Balaban J connectivity index is 1.81. The zero-order chi connectivity index (χ0) is 20.5. The molecule has 0 fully saturated rings. The standard InChI is InChI=1S/C22H28FNO3S/c1-16(2)27-21-12-7-18(23)14-17(21)15-24(3)22(25)6-5-13-28-20-10-8-19(26-4)9-11-20/h7-12,14,16H,5-6,13,15H2,1-4H3. The second kappa shape index (κ2) is 11.0. The lowest BCUT2D eigenvalue weighted by Gasteiger charge is -2.20. The van der Waals surface area contributed by atoms with Gasteiger partial charge >= 0.3 is 0 Å². The highest BCUT2D eigenvalue weighted by atomic mass is 32.2. The minimum absolute atomic E-state index is 0.0137. The van der Waals surface area contributed by atoms with Crippen molar-refractivity contribution < 1.29 is 18.7 Å². The number of ether oxygens (including phenoxy) is 2. The van der Waals surface area contributed by atoms with Gasteiger partial charge in [-0.15, -0.1) is 11.8 Å². The molecule has 152 valence electrons. The second-order valence-corrected chi connectivity index (χ2v) is 7.96. The third-order valence-corrected chi connectivity index (χ3v) is 5.18. The number of hydrogen-bond acceptors (Lipinski definition) is 4. The van der Waals surface area contributed by atoms with Gasteiger partial charge in [-0.25, -0.2) is 4.39 Å². The Bertz CT molecular complexity index is 765. The maximum absolute atomic E-state index is 13.6. The molecule has 0 heterocycles. The zero-order valence-electron chi connectivity index (χ0n) is 16.9. The van der Waals surface area contributed by atoms with Crippen LogP contribution in [-0.4, -0.2) is 36.8 Å². The molecule has 28 heavy (non-hydrogen) atoms. The number of thioether (sulfide) groups is 1. The lowest BCUT2D eigenvalue weighted by atomic mass is 10.1. The van der Waals surface area contributed by atoms with Crippen LogP contribution in [0.5, 0.6) is 11.5 Å². The van der Waals surface area contributed by atoms with E-state index in [0.29, 0.717) is 24.3 Å². The van der Waals surface area contributed by atoms with Crippen LogP contribution < -0.4 is 9.47 Å². The Morgan fingerprint density at radius 2 is 1.89 bits per heavy atom. The van der Waals surface area contributed by atoms with E-state index in [1.54, 1.807) is 36.9 Å². The van der Waals surface area contributed by atoms with E-state index in [1.165, 1.54) is 12.1 Å². The summed E-state index contributed by atoms with van der Waals surface area (Å²) in [6, 6.07) is 12.3. The molecule has 0 aliphatic heterocycles. The normalized spacial score (nSPS) is 10.8. The molecule has 2 aromatic rings. The molecule has 0 radical (unpaired) electrons. The highest BCUT2D eigenvalue weighted by Gasteiger charge is 2.14. The van der Waals surface area contributed by atoms with Crippen LogP contribution in [0.1, 0.15) is 32.3 Å². The van der Waals surface area contributed by atoms with Gasteiger partial charge in [-0.05, 0) is 68.5 Å². The van der Waals surface area contributed by atoms with Crippen LogP contribution in [0.3, 0.4) is 0 Å². The van der Waals surface area contributed by atoms with Gasteiger partial charge in [0.25, 0.3) is 0 Å². The maximum Gasteiger partial charge on any atom is 0.222 e. The number of amides is 1. The first-order chi connectivity index (χ1) is 13.4. The van der Waals surface area contributed by atoms with Crippen molar-refractivity contribution in [2.75, 3.05) is 19.9 Å². The van der Waals surface area contributed by atoms with Gasteiger partial charge in [0.15, 0.2) is 0 Å². The Kier molecular flexibility index (Phi) is 8.64. The van der Waals surface area contributed by atoms with Crippen molar-refractivity contribution in [3.63, 3.8) is 0 Å². The lowest BCUT2D eigenvalue weighted by molar-refractivity contribution is -0.130. The summed E-state index contributed by atoms with van der Waals surface area (Å²) in [5.41, 5.74) is 0.678. The van der Waals surface area contributed by atoms with Crippen molar-refractivity contribution >= 4 is 17.7 Å². The van der Waals surface area contributed by atoms with E-state index in [9.17, 15) is 9.18 Å². The summed E-state index contributed by atoms with van der Waals surface area (Å²) in [7, 11) is 3.38. The first kappa shape index (κ1) is 22.1. The molecule has 6 heteroatoms. The molecule has 0 saturated carbocycles. The molecular weight excluding hydrogens is 377 g/mol. The molecule has 0 atom stereocenters. The molecule has 0 spiro atoms. The molecule has 0 N–H and O–H groups in total. The summed E-state index contributed by atoms with van der Waals surface area (Å²) in [6.07, 6.45) is 1.22. The van der Waals surface area contributed by atoms with Gasteiger partial charge in [-0.3, -0.25) is 4.79 Å². The largest absolute Gasteiger partial charge is 0.497 e. The van der Waals surface area contributed by atoms with Gasteiger partial charge in [0, 0.05) is 30.5 Å². The lowest BCUT2D eigenvalue weighted by Crippen LogP contribution is -2.26. The summed E-state index contributed by atoms with van der Waals surface area (Å²) in [4.78, 5) is 15.2. The number of carbonyl (C=O) groups excluding carboxylic acids is 1. The van der Waals surface area contributed by atoms with Crippen LogP contribution in [0.25, 0.3) is 0 Å². The Labute approximate surface area is 171 Å². The molecular formula is C22H28FNO3S. The van der Waals surface area contributed by atoms with E-state index >= 15 is 0 Å². The maximum atomic E-state index is 13.6. The summed E-state index contributed by atoms with van der Waals surface area (Å²) >= 11 is 1.71. The van der Waals surface area contributed by atoms with Crippen molar-refractivity contribution in [3.8, 4) is 11.5 Å². The van der Waals surface area contributed by atoms with Crippen LogP contribution >= 0.6 is 11.8 Å². The summed E-state index contributed by atoms with van der Waals surface area (Å²) in [5.74, 6) is 2.01. The molecule has 0 aliphatic rings. The molecule has 0 unspecified atom stereocenters. The van der Waals surface area contributed by atoms with Gasteiger partial charge in [-0.1, -0.05) is 0 Å². The van der Waals surface area contributed by atoms with Crippen molar-refractivity contribution in [2.45, 2.75) is 44.2 Å². The average Bonchev–Trinajstić information content (AvgIpc) is 2.67. The first-order valence-electron chi connectivity index (χ1n) is 9.35. The Morgan fingerprint density at radius 3 is 2.54 bits per heavy atom. The smallest absolute Gasteiger partial charge is 0.222 e. The summed E-state index contributed by atoms with van der Waals surface area (Å²) in [5, 5.41) is 0. The van der Waals surface area contributed by atoms with E-state index in [-0.39, 0.29) is 17.8 Å². The third-order valence-electron chi connectivity index (χ3n) is 4.08. The molecule has 0 saturated heterocycles. The Hall–Kier alpha value is -2.21. The van der Waals surface area contributed by atoms with Crippen LogP contribution in [-0.2, 0) is 11.3 Å². The molecule has 0 bridgehead atoms. The fourth-order valence-corrected chi connectivity index (χ4v) is 3.51. The van der Waals surface area contributed by atoms with E-state index in [2.05, 4.69) is 0 Å². The molecule has 4 nitrogen and oxygen atoms in total. The van der Waals surface area contributed by atoms with E-state index < -0.39 is 0 Å². The molecule has 1 amide bonds. The van der Waals surface area contributed by atoms with Crippen LogP contribution in [0.4, 0.5) is 4.39 Å². The number of nitrogens with zero attached hydrogens (tertiary/aromatic N) is 1. The highest BCUT2D eigenvalue weighted by molar-refractivity contribution is 7.99. The minimum atomic E-state index is -0.331. The highest BCUT2D eigenvalue weighted by Crippen LogP contribution is 2.24. The van der Waals surface area contributed by atoms with Gasteiger partial charge in [0.2, 0.25) is 5.91 Å². The van der Waals surface area contributed by atoms with Crippen molar-refractivity contribution in [1.82, 2.24) is 4.90 Å². The van der Waals surface area contributed by atoms with Crippen LogP contribution in [0.2, 0.25) is 0 Å². The zero-order valence-corrected chi connectivity index (χ0v) is 17.7. The number of methoxy groups -OCH3 is 1. The second-order valence-electron chi connectivity index (χ2n) is 6.80. The quantitative estimate of drug-likeness (QED) is 0.405. The summed E-state index contributed by atoms with van der Waals surface area (Å²) in [6.45, 7) is 4.16. The number of benzene rings is 2. The monoisotopic (exact) mass is 405 g/mol. The molecule has 0 aromatic heterocycles. The summed E-state index contributed by atoms with van der Waals surface area (Å²) < 4.78 is 24.5. The van der Waals surface area contributed by atoms with E-state index in [4.69, 9.17) is 9.47 Å². The molecule has 2 aromatic carbocycles. The average molecular weight is 406 g/mol. The Morgan fingerprint density at radius 1 is 1.18 bits per heavy atom. The van der Waals surface area contributed by atoms with Crippen molar-refractivity contribution in [1.29, 1.82) is 0 Å². The third kappa shape index (κ3) is 7.08. The molecule has 0 aliphatic carbocycles. The number of halogens is 1. The van der Waals surface area contributed by atoms with E-state index in [0.717, 1.165) is 22.8 Å². The number of rotatable bonds is 10. The minimum Gasteiger partial charge on any atom is -0.497 e. The van der Waals surface area contributed by atoms with Crippen molar-refractivity contribution in [2.24, 2.45) is 0 Å². The molecule has 2 rings (SSSR count). The first-order valence-corrected chi connectivity index (χ1v) is 10.3. The number of carbonyl (C=O) groups is 1. The van der Waals surface area contributed by atoms with Crippen LogP contribution in [0.15, 0.2) is 47.4 Å². The van der Waals surface area contributed by atoms with E-state index in [1.807, 2.05) is 38.1 Å². The van der Waals surface area contributed by atoms with Crippen molar-refractivity contribution in [3.05, 3.63) is 53.8 Å². The van der Waals surface area contributed by atoms with Crippen LogP contribution in [0, 0.1) is 5.82 Å². The van der Waals surface area contributed by atoms with Gasteiger partial charge < -0.3 is 14.4 Å².